The minimum absolute atomic E-state index is 0.227. The van der Waals surface area contributed by atoms with Gasteiger partial charge >= 0.3 is 0 Å². The molecule has 1 amide bonds. The number of hydrogen-bond acceptors (Lipinski definition) is 2. The van der Waals surface area contributed by atoms with E-state index in [2.05, 4.69) is 16.8 Å². The van der Waals surface area contributed by atoms with Crippen LogP contribution in [0.1, 0.15) is 17.7 Å². The maximum absolute atomic E-state index is 12.3. The number of carbonyl (C=O) groups is 1. The third-order valence-corrected chi connectivity index (χ3v) is 4.00. The number of aryl methyl sites for hydroxylation is 1. The molecule has 0 spiro atoms. The molecule has 0 saturated heterocycles. The van der Waals surface area contributed by atoms with Crippen LogP contribution in [0.5, 0.6) is 5.75 Å². The van der Waals surface area contributed by atoms with Crippen LogP contribution in [0.4, 0.5) is 0 Å². The number of ether oxygens (including phenoxy) is 1. The number of nitrogens with zero attached hydrogens (tertiary/aromatic N) is 2. The van der Waals surface area contributed by atoms with Crippen LogP contribution in [-0.2, 0) is 24.3 Å². The van der Waals surface area contributed by atoms with Gasteiger partial charge in [0.25, 0.3) is 0 Å². The Labute approximate surface area is 124 Å². The monoisotopic (exact) mass is 284 g/mol. The van der Waals surface area contributed by atoms with Gasteiger partial charge in [0.15, 0.2) is 0 Å². The SMILES string of the molecule is COc1cccc(CCC(=O)N2CCn3cccc3C2)c1. The third-order valence-electron chi connectivity index (χ3n) is 4.00. The molecule has 1 aromatic heterocycles. The molecule has 0 bridgehead atoms. The second-order valence-electron chi connectivity index (χ2n) is 5.36. The van der Waals surface area contributed by atoms with Crippen molar-refractivity contribution >= 4 is 5.91 Å². The fourth-order valence-electron chi connectivity index (χ4n) is 2.76. The van der Waals surface area contributed by atoms with E-state index in [0.29, 0.717) is 6.42 Å². The van der Waals surface area contributed by atoms with Crippen molar-refractivity contribution in [3.8, 4) is 5.75 Å². The average molecular weight is 284 g/mol. The molecule has 1 aromatic carbocycles. The normalized spacial score (nSPS) is 13.9. The smallest absolute Gasteiger partial charge is 0.223 e. The minimum Gasteiger partial charge on any atom is -0.497 e. The van der Waals surface area contributed by atoms with Gasteiger partial charge in [-0.1, -0.05) is 12.1 Å². The molecule has 2 heterocycles. The van der Waals surface area contributed by atoms with E-state index in [1.807, 2.05) is 35.2 Å². The highest BCUT2D eigenvalue weighted by Gasteiger charge is 2.19. The van der Waals surface area contributed by atoms with Crippen LogP contribution in [0.15, 0.2) is 42.6 Å². The van der Waals surface area contributed by atoms with E-state index in [4.69, 9.17) is 4.74 Å². The number of carbonyl (C=O) groups excluding carboxylic acids is 1. The van der Waals surface area contributed by atoms with E-state index in [-0.39, 0.29) is 5.91 Å². The van der Waals surface area contributed by atoms with Gasteiger partial charge in [-0.3, -0.25) is 4.79 Å². The van der Waals surface area contributed by atoms with E-state index >= 15 is 0 Å². The van der Waals surface area contributed by atoms with Gasteiger partial charge in [0.2, 0.25) is 5.91 Å². The van der Waals surface area contributed by atoms with Gasteiger partial charge in [-0.15, -0.1) is 0 Å². The number of fused-ring (bicyclic) bond motifs is 1. The highest BCUT2D eigenvalue weighted by molar-refractivity contribution is 5.76. The molecule has 0 atom stereocenters. The van der Waals surface area contributed by atoms with Crippen LogP contribution in [0, 0.1) is 0 Å². The molecule has 0 unspecified atom stereocenters. The summed E-state index contributed by atoms with van der Waals surface area (Å²) in [7, 11) is 1.66. The Balaban J connectivity index is 1.57. The minimum atomic E-state index is 0.227. The first kappa shape index (κ1) is 13.7. The molecule has 1 aliphatic heterocycles. The van der Waals surface area contributed by atoms with E-state index in [0.717, 1.165) is 37.4 Å². The van der Waals surface area contributed by atoms with Crippen LogP contribution in [0.3, 0.4) is 0 Å². The maximum Gasteiger partial charge on any atom is 0.223 e. The molecule has 4 nitrogen and oxygen atoms in total. The predicted molar refractivity (Wildman–Crippen MR) is 81.2 cm³/mol. The predicted octanol–water partition coefficient (Wildman–Crippen LogP) is 2.47. The summed E-state index contributed by atoms with van der Waals surface area (Å²) in [5.41, 5.74) is 2.36. The number of methoxy groups -OCH3 is 1. The summed E-state index contributed by atoms with van der Waals surface area (Å²) in [5.74, 6) is 1.07. The molecule has 110 valence electrons. The number of hydrogen-bond donors (Lipinski definition) is 0. The second-order valence-corrected chi connectivity index (χ2v) is 5.36. The van der Waals surface area contributed by atoms with Gasteiger partial charge in [0.05, 0.1) is 13.7 Å². The molecular weight excluding hydrogens is 264 g/mol. The average Bonchev–Trinajstić information content (AvgIpc) is 3.00. The van der Waals surface area contributed by atoms with Gasteiger partial charge in [0.1, 0.15) is 5.75 Å². The Bertz CT molecular complexity index is 633. The highest BCUT2D eigenvalue weighted by atomic mass is 16.5. The van der Waals surface area contributed by atoms with Crippen LogP contribution >= 0.6 is 0 Å². The van der Waals surface area contributed by atoms with Crippen LogP contribution in [0.2, 0.25) is 0 Å². The molecular formula is C17H20N2O2. The molecule has 0 radical (unpaired) electrons. The van der Waals surface area contributed by atoms with Crippen molar-refractivity contribution in [3.05, 3.63) is 53.9 Å². The number of rotatable bonds is 4. The van der Waals surface area contributed by atoms with E-state index in [1.54, 1.807) is 7.11 Å². The van der Waals surface area contributed by atoms with Crippen molar-refractivity contribution in [1.82, 2.24) is 9.47 Å². The maximum atomic E-state index is 12.3. The zero-order valence-electron chi connectivity index (χ0n) is 12.3. The summed E-state index contributed by atoms with van der Waals surface area (Å²) in [6.07, 6.45) is 3.38. The lowest BCUT2D eigenvalue weighted by Crippen LogP contribution is -2.37. The Morgan fingerprint density at radius 2 is 2.14 bits per heavy atom. The van der Waals surface area contributed by atoms with Crippen molar-refractivity contribution in [1.29, 1.82) is 0 Å². The van der Waals surface area contributed by atoms with Gasteiger partial charge < -0.3 is 14.2 Å². The summed E-state index contributed by atoms with van der Waals surface area (Å²) in [6.45, 7) is 2.43. The first-order valence-electron chi connectivity index (χ1n) is 7.31. The largest absolute Gasteiger partial charge is 0.497 e. The molecule has 21 heavy (non-hydrogen) atoms. The quantitative estimate of drug-likeness (QED) is 0.864. The third kappa shape index (κ3) is 3.10. The second kappa shape index (κ2) is 6.04. The van der Waals surface area contributed by atoms with Gasteiger partial charge in [-0.25, -0.2) is 0 Å². The Morgan fingerprint density at radius 1 is 1.24 bits per heavy atom. The van der Waals surface area contributed by atoms with Crippen molar-refractivity contribution < 1.29 is 9.53 Å². The zero-order chi connectivity index (χ0) is 14.7. The molecule has 3 rings (SSSR count). The number of aromatic nitrogens is 1. The standard InChI is InChI=1S/C17H20N2O2/c1-21-16-6-2-4-14(12-16)7-8-17(20)19-11-10-18-9-3-5-15(18)13-19/h2-6,9,12H,7-8,10-11,13H2,1H3. The fourth-order valence-corrected chi connectivity index (χ4v) is 2.76. The summed E-state index contributed by atoms with van der Waals surface area (Å²) >= 11 is 0. The van der Waals surface area contributed by atoms with Gasteiger partial charge in [-0.05, 0) is 36.2 Å². The molecule has 0 saturated carbocycles. The first-order valence-corrected chi connectivity index (χ1v) is 7.31. The van der Waals surface area contributed by atoms with Crippen molar-refractivity contribution in [2.75, 3.05) is 13.7 Å². The molecule has 1 aliphatic rings. The van der Waals surface area contributed by atoms with Crippen LogP contribution in [-0.4, -0.2) is 29.0 Å². The lowest BCUT2D eigenvalue weighted by atomic mass is 10.1. The fraction of sp³-hybridized carbons (Fsp3) is 0.353. The van der Waals surface area contributed by atoms with E-state index in [1.165, 1.54) is 5.69 Å². The zero-order valence-corrected chi connectivity index (χ0v) is 12.3. The summed E-state index contributed by atoms with van der Waals surface area (Å²) < 4.78 is 7.42. The van der Waals surface area contributed by atoms with Crippen molar-refractivity contribution in [2.24, 2.45) is 0 Å². The van der Waals surface area contributed by atoms with Crippen LogP contribution in [0.25, 0.3) is 0 Å². The van der Waals surface area contributed by atoms with Gasteiger partial charge in [0, 0.05) is 31.4 Å². The van der Waals surface area contributed by atoms with Crippen molar-refractivity contribution in [2.45, 2.75) is 25.9 Å². The lowest BCUT2D eigenvalue weighted by molar-refractivity contribution is -0.132. The molecule has 2 aromatic rings. The Kier molecular flexibility index (Phi) is 3.95. The molecule has 0 N–H and O–H groups in total. The highest BCUT2D eigenvalue weighted by Crippen LogP contribution is 2.17. The summed E-state index contributed by atoms with van der Waals surface area (Å²) in [5, 5.41) is 0. The Hall–Kier alpha value is -2.23. The van der Waals surface area contributed by atoms with Gasteiger partial charge in [-0.2, -0.15) is 0 Å². The summed E-state index contributed by atoms with van der Waals surface area (Å²) in [6, 6.07) is 12.0. The lowest BCUT2D eigenvalue weighted by Gasteiger charge is -2.28. The Morgan fingerprint density at radius 3 is 3.00 bits per heavy atom. The topological polar surface area (TPSA) is 34.5 Å². The van der Waals surface area contributed by atoms with E-state index < -0.39 is 0 Å². The molecule has 4 heteroatoms. The van der Waals surface area contributed by atoms with Crippen LogP contribution < -0.4 is 4.74 Å². The summed E-state index contributed by atoms with van der Waals surface area (Å²) in [4.78, 5) is 14.3. The molecule has 0 fully saturated rings. The first-order chi connectivity index (χ1) is 10.3. The molecule has 0 aliphatic carbocycles. The van der Waals surface area contributed by atoms with Crippen molar-refractivity contribution in [3.63, 3.8) is 0 Å². The number of amides is 1. The van der Waals surface area contributed by atoms with E-state index in [9.17, 15) is 4.79 Å². The number of benzene rings is 1.